The molecule has 1 amide bonds. The first-order chi connectivity index (χ1) is 12.4. The number of sulfonamides is 1. The van der Waals surface area contributed by atoms with Crippen molar-refractivity contribution >= 4 is 33.4 Å². The SMILES string of the molecule is CSc1ccccc1NS(=O)(=O)c1ccc(C)c(C(=O)N2CCCC2)c1. The predicted octanol–water partition coefficient (Wildman–Crippen LogP) is 3.75. The molecule has 2 aromatic rings. The molecular weight excluding hydrogens is 368 g/mol. The number of anilines is 1. The topological polar surface area (TPSA) is 66.5 Å². The Kier molecular flexibility index (Phi) is 5.58. The van der Waals surface area contributed by atoms with E-state index in [2.05, 4.69) is 4.72 Å². The predicted molar refractivity (Wildman–Crippen MR) is 105 cm³/mol. The third-order valence-corrected chi connectivity index (χ3v) is 6.65. The third-order valence-electron chi connectivity index (χ3n) is 4.49. The van der Waals surface area contributed by atoms with Gasteiger partial charge in [-0.3, -0.25) is 9.52 Å². The molecule has 0 spiro atoms. The van der Waals surface area contributed by atoms with Crippen molar-refractivity contribution in [3.05, 3.63) is 53.6 Å². The molecule has 0 bridgehead atoms. The molecule has 0 atom stereocenters. The van der Waals surface area contributed by atoms with Gasteiger partial charge in [0.1, 0.15) is 0 Å². The van der Waals surface area contributed by atoms with Crippen molar-refractivity contribution in [2.75, 3.05) is 24.1 Å². The van der Waals surface area contributed by atoms with Crippen LogP contribution >= 0.6 is 11.8 Å². The second-order valence-electron chi connectivity index (χ2n) is 6.28. The van der Waals surface area contributed by atoms with Crippen molar-refractivity contribution in [2.24, 2.45) is 0 Å². The zero-order valence-corrected chi connectivity index (χ0v) is 16.5. The molecule has 1 aliphatic rings. The lowest BCUT2D eigenvalue weighted by Crippen LogP contribution is -2.28. The summed E-state index contributed by atoms with van der Waals surface area (Å²) in [6.07, 6.45) is 3.89. The fourth-order valence-electron chi connectivity index (χ4n) is 3.02. The number of likely N-dealkylation sites (tertiary alicyclic amines) is 1. The van der Waals surface area contributed by atoms with Gasteiger partial charge in [0.05, 0.1) is 10.6 Å². The molecule has 1 heterocycles. The Balaban J connectivity index is 1.93. The number of aryl methyl sites for hydroxylation is 1. The van der Waals surface area contributed by atoms with E-state index in [-0.39, 0.29) is 10.8 Å². The number of carbonyl (C=O) groups is 1. The summed E-state index contributed by atoms with van der Waals surface area (Å²) in [5, 5.41) is 0. The highest BCUT2D eigenvalue weighted by molar-refractivity contribution is 7.99. The maximum Gasteiger partial charge on any atom is 0.261 e. The highest BCUT2D eigenvalue weighted by Gasteiger charge is 2.24. The molecule has 7 heteroatoms. The van der Waals surface area contributed by atoms with Crippen LogP contribution in [0.4, 0.5) is 5.69 Å². The Morgan fingerprint density at radius 3 is 2.50 bits per heavy atom. The molecule has 138 valence electrons. The van der Waals surface area contributed by atoms with Gasteiger partial charge in [0, 0.05) is 23.5 Å². The Morgan fingerprint density at radius 2 is 1.81 bits per heavy atom. The van der Waals surface area contributed by atoms with E-state index < -0.39 is 10.0 Å². The fourth-order valence-corrected chi connectivity index (χ4v) is 4.75. The quantitative estimate of drug-likeness (QED) is 0.790. The number of carbonyl (C=O) groups excluding carboxylic acids is 1. The Bertz CT molecular complexity index is 920. The Morgan fingerprint density at radius 1 is 1.12 bits per heavy atom. The van der Waals surface area contributed by atoms with E-state index in [0.717, 1.165) is 36.4 Å². The summed E-state index contributed by atoms with van der Waals surface area (Å²) in [5.41, 5.74) is 1.77. The molecular formula is C19H22N2O3S2. The monoisotopic (exact) mass is 390 g/mol. The first-order valence-electron chi connectivity index (χ1n) is 8.48. The van der Waals surface area contributed by atoms with Crippen LogP contribution in [0, 0.1) is 6.92 Å². The highest BCUT2D eigenvalue weighted by atomic mass is 32.2. The van der Waals surface area contributed by atoms with Gasteiger partial charge in [-0.1, -0.05) is 18.2 Å². The van der Waals surface area contributed by atoms with Crippen molar-refractivity contribution in [3.8, 4) is 0 Å². The van der Waals surface area contributed by atoms with E-state index in [1.54, 1.807) is 29.2 Å². The van der Waals surface area contributed by atoms with Crippen LogP contribution in [-0.2, 0) is 10.0 Å². The second kappa shape index (κ2) is 7.72. The first-order valence-corrected chi connectivity index (χ1v) is 11.2. The number of rotatable bonds is 5. The number of benzene rings is 2. The molecule has 0 aromatic heterocycles. The normalized spacial score (nSPS) is 14.5. The second-order valence-corrected chi connectivity index (χ2v) is 8.81. The molecule has 1 fully saturated rings. The molecule has 0 unspecified atom stereocenters. The van der Waals surface area contributed by atoms with Crippen molar-refractivity contribution < 1.29 is 13.2 Å². The van der Waals surface area contributed by atoms with Gasteiger partial charge in [-0.2, -0.15) is 0 Å². The summed E-state index contributed by atoms with van der Waals surface area (Å²) < 4.78 is 28.3. The minimum Gasteiger partial charge on any atom is -0.339 e. The number of amides is 1. The molecule has 0 aliphatic carbocycles. The lowest BCUT2D eigenvalue weighted by Gasteiger charge is -2.18. The molecule has 2 aromatic carbocycles. The Hall–Kier alpha value is -1.99. The minimum atomic E-state index is -3.78. The maximum absolute atomic E-state index is 12.8. The van der Waals surface area contributed by atoms with Crippen LogP contribution in [0.3, 0.4) is 0 Å². The van der Waals surface area contributed by atoms with E-state index >= 15 is 0 Å². The van der Waals surface area contributed by atoms with Crippen LogP contribution in [0.1, 0.15) is 28.8 Å². The summed E-state index contributed by atoms with van der Waals surface area (Å²) >= 11 is 1.47. The van der Waals surface area contributed by atoms with E-state index in [9.17, 15) is 13.2 Å². The van der Waals surface area contributed by atoms with Crippen LogP contribution in [0.5, 0.6) is 0 Å². The van der Waals surface area contributed by atoms with Crippen LogP contribution in [0.25, 0.3) is 0 Å². The van der Waals surface area contributed by atoms with E-state index in [1.165, 1.54) is 17.8 Å². The number of hydrogen-bond acceptors (Lipinski definition) is 4. The molecule has 0 radical (unpaired) electrons. The van der Waals surface area contributed by atoms with Crippen LogP contribution in [-0.4, -0.2) is 38.6 Å². The summed E-state index contributed by atoms with van der Waals surface area (Å²) in [6.45, 7) is 3.29. The Labute approximate surface area is 158 Å². The number of hydrogen-bond donors (Lipinski definition) is 1. The van der Waals surface area contributed by atoms with Crippen molar-refractivity contribution in [3.63, 3.8) is 0 Å². The third kappa shape index (κ3) is 3.88. The van der Waals surface area contributed by atoms with Crippen LogP contribution < -0.4 is 4.72 Å². The molecule has 26 heavy (non-hydrogen) atoms. The number of nitrogens with one attached hydrogen (secondary N) is 1. The fraction of sp³-hybridized carbons (Fsp3) is 0.316. The van der Waals surface area contributed by atoms with Gasteiger partial charge in [-0.25, -0.2) is 8.42 Å². The van der Waals surface area contributed by atoms with E-state index in [4.69, 9.17) is 0 Å². The number of nitrogens with zero attached hydrogens (tertiary/aromatic N) is 1. The zero-order valence-electron chi connectivity index (χ0n) is 14.9. The molecule has 1 N–H and O–H groups in total. The highest BCUT2D eigenvalue weighted by Crippen LogP contribution is 2.28. The smallest absolute Gasteiger partial charge is 0.261 e. The van der Waals surface area contributed by atoms with Gasteiger partial charge in [0.25, 0.3) is 15.9 Å². The zero-order chi connectivity index (χ0) is 18.7. The van der Waals surface area contributed by atoms with Crippen LogP contribution in [0.15, 0.2) is 52.3 Å². The summed E-state index contributed by atoms with van der Waals surface area (Å²) in [5.74, 6) is -0.0958. The lowest BCUT2D eigenvalue weighted by atomic mass is 10.1. The summed E-state index contributed by atoms with van der Waals surface area (Å²) in [4.78, 5) is 15.4. The van der Waals surface area contributed by atoms with Crippen molar-refractivity contribution in [2.45, 2.75) is 29.6 Å². The molecule has 5 nitrogen and oxygen atoms in total. The average Bonchev–Trinajstić information content (AvgIpc) is 3.16. The maximum atomic E-state index is 12.8. The van der Waals surface area contributed by atoms with Gasteiger partial charge in [0.2, 0.25) is 0 Å². The van der Waals surface area contributed by atoms with Crippen molar-refractivity contribution in [1.82, 2.24) is 4.90 Å². The largest absolute Gasteiger partial charge is 0.339 e. The molecule has 1 aliphatic heterocycles. The summed E-state index contributed by atoms with van der Waals surface area (Å²) in [7, 11) is -3.78. The first kappa shape index (κ1) is 18.8. The standard InChI is InChI=1S/C19H22N2O3S2/c1-14-9-10-15(13-16(14)19(22)21-11-5-6-12-21)26(23,24)20-17-7-3-4-8-18(17)25-2/h3-4,7-10,13,20H,5-6,11-12H2,1-2H3. The van der Waals surface area contributed by atoms with Gasteiger partial charge >= 0.3 is 0 Å². The van der Waals surface area contributed by atoms with E-state index in [1.807, 2.05) is 25.3 Å². The number of para-hydroxylation sites is 1. The minimum absolute atomic E-state index is 0.0958. The van der Waals surface area contributed by atoms with Gasteiger partial charge < -0.3 is 4.90 Å². The molecule has 0 saturated carbocycles. The van der Waals surface area contributed by atoms with E-state index in [0.29, 0.717) is 11.3 Å². The summed E-state index contributed by atoms with van der Waals surface area (Å²) in [6, 6.07) is 12.0. The van der Waals surface area contributed by atoms with Gasteiger partial charge in [-0.15, -0.1) is 11.8 Å². The van der Waals surface area contributed by atoms with Gasteiger partial charge in [0.15, 0.2) is 0 Å². The van der Waals surface area contributed by atoms with Crippen molar-refractivity contribution in [1.29, 1.82) is 0 Å². The molecule has 3 rings (SSSR count). The average molecular weight is 391 g/mol. The lowest BCUT2D eigenvalue weighted by molar-refractivity contribution is 0.0792. The van der Waals surface area contributed by atoms with Crippen LogP contribution in [0.2, 0.25) is 0 Å². The van der Waals surface area contributed by atoms with Gasteiger partial charge in [-0.05, 0) is 55.9 Å². The molecule has 1 saturated heterocycles. The number of thioether (sulfide) groups is 1.